The van der Waals surface area contributed by atoms with Crippen molar-refractivity contribution in [3.63, 3.8) is 0 Å². The van der Waals surface area contributed by atoms with E-state index in [-0.39, 0.29) is 5.66 Å². The molecule has 0 aliphatic heterocycles. The van der Waals surface area contributed by atoms with Crippen LogP contribution in [0.15, 0.2) is 24.3 Å². The molecule has 0 spiro atoms. The van der Waals surface area contributed by atoms with Gasteiger partial charge in [-0.2, -0.15) is 0 Å². The fourth-order valence-electron chi connectivity index (χ4n) is 2.38. The van der Waals surface area contributed by atoms with Crippen LogP contribution < -0.4 is 10.6 Å². The third-order valence-electron chi connectivity index (χ3n) is 3.50. The zero-order chi connectivity index (χ0) is 13.8. The molecule has 0 amide bonds. The zero-order valence-electron chi connectivity index (χ0n) is 12.4. The lowest BCUT2D eigenvalue weighted by Crippen LogP contribution is -2.55. The quantitative estimate of drug-likeness (QED) is 0.785. The van der Waals surface area contributed by atoms with Crippen molar-refractivity contribution in [2.24, 2.45) is 5.73 Å². The molecule has 1 atom stereocenters. The molecule has 0 aromatic heterocycles. The fraction of sp³-hybridized carbons (Fsp3) is 0.600. The summed E-state index contributed by atoms with van der Waals surface area (Å²) in [5, 5.41) is 0. The molecule has 0 bridgehead atoms. The van der Waals surface area contributed by atoms with E-state index in [0.29, 0.717) is 0 Å². The van der Waals surface area contributed by atoms with Crippen LogP contribution in [0, 0.1) is 0 Å². The second-order valence-electron chi connectivity index (χ2n) is 5.27. The van der Waals surface area contributed by atoms with E-state index < -0.39 is 0 Å². The summed E-state index contributed by atoms with van der Waals surface area (Å²) in [5.41, 5.74) is 8.66. The van der Waals surface area contributed by atoms with Gasteiger partial charge in [0.05, 0.1) is 5.66 Å². The number of hydrogen-bond donors (Lipinski definition) is 1. The van der Waals surface area contributed by atoms with Crippen LogP contribution in [-0.2, 0) is 6.42 Å². The van der Waals surface area contributed by atoms with Gasteiger partial charge in [-0.3, -0.25) is 4.90 Å². The monoisotopic (exact) mass is 249 g/mol. The molecule has 0 saturated heterocycles. The Labute approximate surface area is 112 Å². The van der Waals surface area contributed by atoms with Gasteiger partial charge in [0.2, 0.25) is 0 Å². The van der Waals surface area contributed by atoms with Gasteiger partial charge in [0, 0.05) is 26.2 Å². The molecule has 0 fully saturated rings. The summed E-state index contributed by atoms with van der Waals surface area (Å²) in [6, 6.07) is 8.63. The van der Waals surface area contributed by atoms with Crippen molar-refractivity contribution in [2.75, 3.05) is 32.1 Å². The maximum atomic E-state index is 6.43. The molecule has 2 N–H and O–H groups in total. The second-order valence-corrected chi connectivity index (χ2v) is 5.27. The third kappa shape index (κ3) is 3.72. The topological polar surface area (TPSA) is 32.5 Å². The Hall–Kier alpha value is -1.06. The van der Waals surface area contributed by atoms with Crippen molar-refractivity contribution in [3.05, 3.63) is 29.8 Å². The van der Waals surface area contributed by atoms with Gasteiger partial charge in [-0.05, 0) is 37.7 Å². The van der Waals surface area contributed by atoms with E-state index in [9.17, 15) is 0 Å². The highest BCUT2D eigenvalue weighted by molar-refractivity contribution is 5.46. The highest BCUT2D eigenvalue weighted by atomic mass is 15.3. The molecule has 18 heavy (non-hydrogen) atoms. The first-order valence-electron chi connectivity index (χ1n) is 6.71. The average Bonchev–Trinajstić information content (AvgIpc) is 2.30. The highest BCUT2D eigenvalue weighted by Gasteiger charge is 2.24. The first-order chi connectivity index (χ1) is 8.40. The van der Waals surface area contributed by atoms with E-state index in [1.54, 1.807) is 0 Å². The molecule has 3 heteroatoms. The maximum absolute atomic E-state index is 6.43. The number of benzene rings is 1. The van der Waals surface area contributed by atoms with Crippen LogP contribution >= 0.6 is 0 Å². The number of nitrogens with two attached hydrogens (primary N) is 1. The highest BCUT2D eigenvalue weighted by Crippen LogP contribution is 2.18. The van der Waals surface area contributed by atoms with E-state index in [4.69, 9.17) is 5.73 Å². The Bertz CT molecular complexity index is 351. The van der Waals surface area contributed by atoms with Crippen LogP contribution in [0.2, 0.25) is 0 Å². The lowest BCUT2D eigenvalue weighted by Gasteiger charge is -2.37. The minimum absolute atomic E-state index is 0.275. The molecule has 102 valence electrons. The Morgan fingerprint density at radius 3 is 1.94 bits per heavy atom. The Balaban J connectivity index is 2.77. The standard InChI is InChI=1S/C15H27N3/c1-6-18(7-2)15(3,16)12-13-8-10-14(11-9-13)17(4)5/h8-11H,6-7,12,16H2,1-5H3. The van der Waals surface area contributed by atoms with Crippen molar-refractivity contribution in [2.45, 2.75) is 32.9 Å². The van der Waals surface area contributed by atoms with Gasteiger partial charge in [-0.25, -0.2) is 0 Å². The summed E-state index contributed by atoms with van der Waals surface area (Å²) in [7, 11) is 4.11. The van der Waals surface area contributed by atoms with Crippen molar-refractivity contribution in [3.8, 4) is 0 Å². The summed E-state index contributed by atoms with van der Waals surface area (Å²) < 4.78 is 0. The van der Waals surface area contributed by atoms with Crippen molar-refractivity contribution < 1.29 is 0 Å². The minimum Gasteiger partial charge on any atom is -0.378 e. The van der Waals surface area contributed by atoms with E-state index in [2.05, 4.69) is 68.9 Å². The largest absolute Gasteiger partial charge is 0.378 e. The lowest BCUT2D eigenvalue weighted by molar-refractivity contribution is 0.123. The molecule has 0 saturated carbocycles. The van der Waals surface area contributed by atoms with E-state index >= 15 is 0 Å². The SMILES string of the molecule is CCN(CC)C(C)(N)Cc1ccc(N(C)C)cc1. The molecule has 1 aromatic carbocycles. The summed E-state index contributed by atoms with van der Waals surface area (Å²) in [6.07, 6.45) is 0.877. The molecule has 1 unspecified atom stereocenters. The van der Waals surface area contributed by atoms with E-state index in [1.165, 1.54) is 11.3 Å². The van der Waals surface area contributed by atoms with Gasteiger partial charge in [0.25, 0.3) is 0 Å². The fourth-order valence-corrected chi connectivity index (χ4v) is 2.38. The van der Waals surface area contributed by atoms with Crippen LogP contribution in [0.1, 0.15) is 26.3 Å². The van der Waals surface area contributed by atoms with Crippen LogP contribution in [0.4, 0.5) is 5.69 Å². The minimum atomic E-state index is -0.275. The molecule has 1 rings (SSSR count). The van der Waals surface area contributed by atoms with Gasteiger partial charge < -0.3 is 10.6 Å². The molecule has 0 radical (unpaired) electrons. The van der Waals surface area contributed by atoms with Crippen molar-refractivity contribution >= 4 is 5.69 Å². The van der Waals surface area contributed by atoms with Crippen molar-refractivity contribution in [1.29, 1.82) is 0 Å². The molecular weight excluding hydrogens is 222 g/mol. The molecule has 3 nitrogen and oxygen atoms in total. The first-order valence-corrected chi connectivity index (χ1v) is 6.71. The molecule has 1 aromatic rings. The Morgan fingerprint density at radius 1 is 1.06 bits per heavy atom. The Kier molecular flexibility index (Phi) is 5.17. The molecular formula is C15H27N3. The first kappa shape index (κ1) is 15.0. The van der Waals surface area contributed by atoms with Gasteiger partial charge >= 0.3 is 0 Å². The predicted octanol–water partition coefficient (Wildman–Crippen LogP) is 2.31. The summed E-state index contributed by atoms with van der Waals surface area (Å²) in [5.74, 6) is 0. The average molecular weight is 249 g/mol. The zero-order valence-corrected chi connectivity index (χ0v) is 12.4. The van der Waals surface area contributed by atoms with Crippen molar-refractivity contribution in [1.82, 2.24) is 4.90 Å². The maximum Gasteiger partial charge on any atom is 0.0699 e. The Morgan fingerprint density at radius 2 is 1.56 bits per heavy atom. The number of rotatable bonds is 6. The third-order valence-corrected chi connectivity index (χ3v) is 3.50. The van der Waals surface area contributed by atoms with Gasteiger partial charge in [0.15, 0.2) is 0 Å². The number of likely N-dealkylation sites (N-methyl/N-ethyl adjacent to an activating group) is 1. The molecule has 0 aliphatic rings. The number of nitrogens with zero attached hydrogens (tertiary/aromatic N) is 2. The lowest BCUT2D eigenvalue weighted by atomic mass is 10.00. The summed E-state index contributed by atoms with van der Waals surface area (Å²) in [6.45, 7) is 8.39. The van der Waals surface area contributed by atoms with Crippen LogP contribution in [0.3, 0.4) is 0 Å². The normalized spacial score (nSPS) is 14.6. The number of anilines is 1. The van der Waals surface area contributed by atoms with Crippen LogP contribution in [0.25, 0.3) is 0 Å². The second kappa shape index (κ2) is 6.21. The van der Waals surface area contributed by atoms with Gasteiger partial charge in [-0.15, -0.1) is 0 Å². The molecule has 0 aliphatic carbocycles. The molecule has 0 heterocycles. The van der Waals surface area contributed by atoms with Gasteiger partial charge in [-0.1, -0.05) is 26.0 Å². The van der Waals surface area contributed by atoms with Crippen LogP contribution in [0.5, 0.6) is 0 Å². The van der Waals surface area contributed by atoms with E-state index in [1.807, 2.05) is 0 Å². The summed E-state index contributed by atoms with van der Waals surface area (Å²) >= 11 is 0. The van der Waals surface area contributed by atoms with E-state index in [0.717, 1.165) is 19.5 Å². The van der Waals surface area contributed by atoms with Gasteiger partial charge in [0.1, 0.15) is 0 Å². The summed E-state index contributed by atoms with van der Waals surface area (Å²) in [4.78, 5) is 4.41. The predicted molar refractivity (Wildman–Crippen MR) is 80.0 cm³/mol. The smallest absolute Gasteiger partial charge is 0.0699 e. The van der Waals surface area contributed by atoms with Crippen LogP contribution in [-0.4, -0.2) is 37.7 Å². The number of hydrogen-bond acceptors (Lipinski definition) is 3.